The lowest BCUT2D eigenvalue weighted by atomic mass is 10.0. The average Bonchev–Trinajstić information content (AvgIpc) is 3.30. The van der Waals surface area contributed by atoms with E-state index in [1.165, 1.54) is 4.90 Å². The Morgan fingerprint density at radius 3 is 2.23 bits per heavy atom. The van der Waals surface area contributed by atoms with Crippen LogP contribution in [0.5, 0.6) is 0 Å². The summed E-state index contributed by atoms with van der Waals surface area (Å²) < 4.78 is 37.3. The number of nitrogens with one attached hydrogen (secondary N) is 3. The van der Waals surface area contributed by atoms with E-state index in [2.05, 4.69) is 10.6 Å². The topological polar surface area (TPSA) is 181 Å². The number of hydrogen-bond acceptors (Lipinski definition) is 9. The molecule has 1 aliphatic carbocycles. The van der Waals surface area contributed by atoms with Crippen molar-refractivity contribution < 1.29 is 41.9 Å². The number of amides is 5. The van der Waals surface area contributed by atoms with Gasteiger partial charge < -0.3 is 25.0 Å². The second-order valence-corrected chi connectivity index (χ2v) is 16.2. The lowest BCUT2D eigenvalue weighted by Crippen LogP contribution is -2.58. The lowest BCUT2D eigenvalue weighted by molar-refractivity contribution is -0.141. The van der Waals surface area contributed by atoms with Crippen LogP contribution in [0, 0.1) is 5.92 Å². The molecule has 3 heterocycles. The number of fused-ring (bicyclic) bond motifs is 3. The molecule has 5 rings (SSSR count). The summed E-state index contributed by atoms with van der Waals surface area (Å²) in [7, 11) is -3.91. The van der Waals surface area contributed by atoms with Crippen LogP contribution in [0.2, 0.25) is 0 Å². The van der Waals surface area contributed by atoms with E-state index in [4.69, 9.17) is 9.47 Å². The normalized spacial score (nSPS) is 28.1. The van der Waals surface area contributed by atoms with Crippen LogP contribution in [0.15, 0.2) is 24.3 Å². The van der Waals surface area contributed by atoms with Crippen molar-refractivity contribution >= 4 is 39.9 Å². The molecule has 0 bridgehead atoms. The summed E-state index contributed by atoms with van der Waals surface area (Å²) in [5, 5.41) is 5.50. The highest BCUT2D eigenvalue weighted by Gasteiger charge is 2.62. The Morgan fingerprint density at radius 1 is 0.979 bits per heavy atom. The Hall–Kier alpha value is -3.88. The van der Waals surface area contributed by atoms with Crippen LogP contribution in [0.1, 0.15) is 89.7 Å². The van der Waals surface area contributed by atoms with Gasteiger partial charge in [-0.05, 0) is 57.1 Å². The van der Waals surface area contributed by atoms with E-state index in [1.807, 2.05) is 29.0 Å². The van der Waals surface area contributed by atoms with Crippen LogP contribution < -0.4 is 15.4 Å². The van der Waals surface area contributed by atoms with Gasteiger partial charge in [0.2, 0.25) is 21.8 Å². The summed E-state index contributed by atoms with van der Waals surface area (Å²) in [5.41, 5.74) is -0.231. The van der Waals surface area contributed by atoms with Gasteiger partial charge in [-0.2, -0.15) is 0 Å². The van der Waals surface area contributed by atoms with E-state index in [9.17, 15) is 32.4 Å². The predicted octanol–water partition coefficient (Wildman–Crippen LogP) is 2.70. The second-order valence-electron chi connectivity index (χ2n) is 14.5. The first kappa shape index (κ1) is 35.4. The number of carbonyl (C=O) groups excluding carboxylic acids is 5. The van der Waals surface area contributed by atoms with E-state index in [-0.39, 0.29) is 25.3 Å². The van der Waals surface area contributed by atoms with Crippen molar-refractivity contribution in [3.8, 4) is 0 Å². The third kappa shape index (κ3) is 8.58. The van der Waals surface area contributed by atoms with Crippen molar-refractivity contribution in [3.63, 3.8) is 0 Å². The smallest absolute Gasteiger partial charge is 0.410 e. The summed E-state index contributed by atoms with van der Waals surface area (Å²) in [6.07, 6.45) is 3.74. The number of carbonyl (C=O) groups is 5. The molecule has 1 aromatic rings. The fourth-order valence-electron chi connectivity index (χ4n) is 6.96. The zero-order valence-electron chi connectivity index (χ0n) is 28.1. The zero-order chi connectivity index (χ0) is 34.9. The molecule has 5 amide bonds. The molecule has 1 aromatic carbocycles. The molecule has 0 aromatic heterocycles. The van der Waals surface area contributed by atoms with Crippen molar-refractivity contribution in [2.75, 3.05) is 12.8 Å². The van der Waals surface area contributed by atoms with Crippen LogP contribution >= 0.6 is 0 Å². The summed E-state index contributed by atoms with van der Waals surface area (Å²) in [4.78, 5) is 70.5. The minimum atomic E-state index is -3.91. The molecule has 264 valence electrons. The lowest BCUT2D eigenvalue weighted by Gasteiger charge is -2.30. The molecular weight excluding hydrogens is 642 g/mol. The highest BCUT2D eigenvalue weighted by Crippen LogP contribution is 2.47. The maximum Gasteiger partial charge on any atom is 0.410 e. The van der Waals surface area contributed by atoms with Gasteiger partial charge in [0.05, 0.1) is 12.8 Å². The molecular formula is C33H47N5O9S. The number of rotatable bonds is 4. The number of nitrogens with zero attached hydrogens (tertiary/aromatic N) is 2. The number of sulfonamides is 1. The first-order valence-corrected chi connectivity index (χ1v) is 18.6. The zero-order valence-corrected chi connectivity index (χ0v) is 28.9. The molecule has 0 radical (unpaired) electrons. The quantitative estimate of drug-likeness (QED) is 0.428. The van der Waals surface area contributed by atoms with Gasteiger partial charge in [-0.1, -0.05) is 56.4 Å². The van der Waals surface area contributed by atoms with Gasteiger partial charge in [-0.3, -0.25) is 24.0 Å². The maximum atomic E-state index is 14.2. The largest absolute Gasteiger partial charge is 0.444 e. The number of ether oxygens (including phenoxy) is 2. The predicted molar refractivity (Wildman–Crippen MR) is 174 cm³/mol. The number of alkyl carbamates (subject to hydrolysis) is 1. The fourth-order valence-corrected chi connectivity index (χ4v) is 7.48. The van der Waals surface area contributed by atoms with Crippen LogP contribution in [-0.2, 0) is 47.0 Å². The third-order valence-corrected chi connectivity index (χ3v) is 9.94. The molecule has 3 N–H and O–H groups in total. The van der Waals surface area contributed by atoms with Gasteiger partial charge >= 0.3 is 12.2 Å². The molecule has 3 aliphatic heterocycles. The van der Waals surface area contributed by atoms with E-state index in [0.717, 1.165) is 43.1 Å². The Morgan fingerprint density at radius 2 is 1.60 bits per heavy atom. The van der Waals surface area contributed by atoms with Crippen molar-refractivity contribution in [2.45, 2.75) is 121 Å². The Balaban J connectivity index is 1.39. The molecule has 15 heteroatoms. The molecule has 0 spiro atoms. The van der Waals surface area contributed by atoms with Crippen LogP contribution in [0.4, 0.5) is 9.59 Å². The fraction of sp³-hybridized carbons (Fsp3) is 0.667. The summed E-state index contributed by atoms with van der Waals surface area (Å²) >= 11 is 0. The number of benzene rings is 1. The summed E-state index contributed by atoms with van der Waals surface area (Å²) in [5.74, 6) is -2.28. The van der Waals surface area contributed by atoms with Gasteiger partial charge in [-0.15, -0.1) is 0 Å². The van der Waals surface area contributed by atoms with Gasteiger partial charge in [0.25, 0.3) is 5.91 Å². The first-order chi connectivity index (χ1) is 22.5. The second kappa shape index (κ2) is 13.9. The molecule has 2 saturated heterocycles. The van der Waals surface area contributed by atoms with E-state index in [1.54, 1.807) is 25.7 Å². The molecule has 0 unspecified atom stereocenters. The van der Waals surface area contributed by atoms with E-state index < -0.39 is 69.3 Å². The van der Waals surface area contributed by atoms with Crippen LogP contribution in [0.3, 0.4) is 0 Å². The number of hydrogen-bond donors (Lipinski definition) is 3. The monoisotopic (exact) mass is 689 g/mol. The molecule has 4 aliphatic rings. The first-order valence-electron chi connectivity index (χ1n) is 16.7. The molecule has 1 saturated carbocycles. The third-order valence-electron chi connectivity index (χ3n) is 9.38. The van der Waals surface area contributed by atoms with Crippen LogP contribution in [0.25, 0.3) is 0 Å². The molecule has 3 fully saturated rings. The minimum Gasteiger partial charge on any atom is -0.444 e. The van der Waals surface area contributed by atoms with Gasteiger partial charge in [-0.25, -0.2) is 18.0 Å². The standard InChI is InChI=1S/C33H47N5O9S/c1-32(2,3)47-30(42)34-25-15-9-7-5-6-8-14-23-17-33(23,29(41)36-48(4,44)45)35-27(39)26-16-24(20-38(26)28(25)40)46-31(43)37-18-21-12-10-11-13-22(21)19-37/h10-13,23-26H,5-9,14-20H2,1-4H3,(H,34,42)(H,35,39)(H,36,41)/t23-,24-,25+,26+,33-/m1/s1. The molecule has 48 heavy (non-hydrogen) atoms. The van der Waals surface area contributed by atoms with Crippen molar-refractivity contribution in [2.24, 2.45) is 5.92 Å². The molecule has 5 atom stereocenters. The SMILES string of the molecule is CC(C)(C)OC(=O)N[C@H]1CCCCCCC[C@@H]2C[C@@]2(C(=O)NS(C)(=O)=O)NC(=O)[C@@H]2C[C@@H](OC(=O)N3Cc4ccccc4C3)CN2C1=O. The van der Waals surface area contributed by atoms with Crippen molar-refractivity contribution in [1.29, 1.82) is 0 Å². The maximum absolute atomic E-state index is 14.2. The Kier molecular flexibility index (Phi) is 10.3. The highest BCUT2D eigenvalue weighted by atomic mass is 32.2. The summed E-state index contributed by atoms with van der Waals surface area (Å²) in [6, 6.07) is 5.51. The van der Waals surface area contributed by atoms with E-state index >= 15 is 0 Å². The van der Waals surface area contributed by atoms with Crippen molar-refractivity contribution in [3.05, 3.63) is 35.4 Å². The minimum absolute atomic E-state index is 0.0439. The van der Waals surface area contributed by atoms with Gasteiger partial charge in [0, 0.05) is 19.5 Å². The average molecular weight is 690 g/mol. The van der Waals surface area contributed by atoms with Crippen molar-refractivity contribution in [1.82, 2.24) is 25.2 Å². The Bertz CT molecular complexity index is 1520. The summed E-state index contributed by atoms with van der Waals surface area (Å²) in [6.45, 7) is 5.77. The Labute approximate surface area is 281 Å². The van der Waals surface area contributed by atoms with Gasteiger partial charge in [0.15, 0.2) is 0 Å². The van der Waals surface area contributed by atoms with Crippen LogP contribution in [-0.4, -0.2) is 90.3 Å². The van der Waals surface area contributed by atoms with Gasteiger partial charge in [0.1, 0.15) is 29.3 Å². The highest BCUT2D eigenvalue weighted by molar-refractivity contribution is 7.89. The molecule has 14 nitrogen and oxygen atoms in total. The van der Waals surface area contributed by atoms with E-state index in [0.29, 0.717) is 32.4 Å².